The van der Waals surface area contributed by atoms with Gasteiger partial charge in [-0.05, 0) is 89.2 Å². The summed E-state index contributed by atoms with van der Waals surface area (Å²) < 4.78 is 13.7. The lowest BCUT2D eigenvalue weighted by Crippen LogP contribution is -2.61. The smallest absolute Gasteiger partial charge is 0.252 e. The first-order valence-electron chi connectivity index (χ1n) is 20.5. The van der Waals surface area contributed by atoms with E-state index in [9.17, 15) is 0 Å². The number of hydrogen-bond donors (Lipinski definition) is 0. The van der Waals surface area contributed by atoms with Crippen LogP contribution in [0.5, 0.6) is 0 Å². The van der Waals surface area contributed by atoms with Crippen molar-refractivity contribution in [1.29, 1.82) is 0 Å². The van der Waals surface area contributed by atoms with Crippen molar-refractivity contribution in [3.05, 3.63) is 206 Å². The summed E-state index contributed by atoms with van der Waals surface area (Å²) in [4.78, 5) is 7.26. The van der Waals surface area contributed by atoms with E-state index in [0.29, 0.717) is 0 Å². The van der Waals surface area contributed by atoms with Crippen molar-refractivity contribution in [2.45, 2.75) is 0 Å². The van der Waals surface area contributed by atoms with E-state index >= 15 is 0 Å². The number of hydrogen-bond acceptors (Lipinski definition) is 5. The zero-order chi connectivity index (χ0) is 39.3. The van der Waals surface area contributed by atoms with Gasteiger partial charge < -0.3 is 23.5 Å². The van der Waals surface area contributed by atoms with E-state index in [-0.39, 0.29) is 6.71 Å². The third-order valence-corrected chi connectivity index (χ3v) is 12.4. The molecule has 0 N–H and O–H groups in total. The largest absolute Gasteiger partial charge is 0.454 e. The molecule has 60 heavy (non-hydrogen) atoms. The van der Waals surface area contributed by atoms with Gasteiger partial charge in [-0.3, -0.25) is 0 Å². The maximum Gasteiger partial charge on any atom is 0.252 e. The maximum atomic E-state index is 6.86. The van der Waals surface area contributed by atoms with Gasteiger partial charge in [0, 0.05) is 55.7 Å². The van der Waals surface area contributed by atoms with Crippen LogP contribution in [0.4, 0.5) is 51.2 Å². The summed E-state index contributed by atoms with van der Waals surface area (Å²) in [6.45, 7) is 0.00225. The molecule has 0 amide bonds. The fourth-order valence-corrected chi connectivity index (χ4v) is 9.95. The first-order valence-corrected chi connectivity index (χ1v) is 20.5. The van der Waals surface area contributed by atoms with Gasteiger partial charge in [0.1, 0.15) is 11.2 Å². The average molecular weight is 768 g/mol. The quantitative estimate of drug-likeness (QED) is 0.163. The lowest BCUT2D eigenvalue weighted by atomic mass is 9.33. The van der Waals surface area contributed by atoms with E-state index in [1.165, 1.54) is 16.4 Å². The average Bonchev–Trinajstić information content (AvgIpc) is 3.89. The van der Waals surface area contributed by atoms with Crippen LogP contribution in [0, 0.1) is 0 Å². The molecule has 6 heteroatoms. The number of para-hydroxylation sites is 8. The van der Waals surface area contributed by atoms with Crippen molar-refractivity contribution in [3.63, 3.8) is 0 Å². The van der Waals surface area contributed by atoms with Gasteiger partial charge in [0.05, 0.1) is 17.1 Å². The number of rotatable bonds is 5. The third kappa shape index (κ3) is 4.70. The van der Waals surface area contributed by atoms with Gasteiger partial charge in [0.15, 0.2) is 11.2 Å². The minimum Gasteiger partial charge on any atom is -0.454 e. The summed E-state index contributed by atoms with van der Waals surface area (Å²) in [6.07, 6.45) is 0. The normalized spacial score (nSPS) is 12.9. The van der Waals surface area contributed by atoms with Crippen molar-refractivity contribution in [3.8, 4) is 0 Å². The molecule has 0 unspecified atom stereocenters. The van der Waals surface area contributed by atoms with Crippen LogP contribution in [-0.4, -0.2) is 6.71 Å². The minimum absolute atomic E-state index is 0.00225. The molecular formula is C54H34BN3O2. The summed E-state index contributed by atoms with van der Waals surface area (Å²) >= 11 is 0. The highest BCUT2D eigenvalue weighted by Crippen LogP contribution is 2.51. The van der Waals surface area contributed by atoms with E-state index in [0.717, 1.165) is 95.1 Å². The van der Waals surface area contributed by atoms with Gasteiger partial charge in [-0.1, -0.05) is 133 Å². The van der Waals surface area contributed by atoms with Crippen LogP contribution >= 0.6 is 0 Å². The topological polar surface area (TPSA) is 36.0 Å². The molecule has 2 aliphatic heterocycles. The summed E-state index contributed by atoms with van der Waals surface area (Å²) in [5.74, 6) is 0. The molecule has 2 aromatic heterocycles. The second-order valence-corrected chi connectivity index (χ2v) is 15.6. The van der Waals surface area contributed by atoms with E-state index in [1.807, 2.05) is 12.1 Å². The number of fused-ring (bicyclic) bond motifs is 10. The van der Waals surface area contributed by atoms with Crippen LogP contribution in [0.2, 0.25) is 0 Å². The van der Waals surface area contributed by atoms with Crippen molar-refractivity contribution < 1.29 is 8.83 Å². The van der Waals surface area contributed by atoms with Crippen molar-refractivity contribution in [2.75, 3.05) is 14.7 Å². The molecule has 11 aromatic rings. The van der Waals surface area contributed by atoms with Crippen LogP contribution in [0.25, 0.3) is 43.9 Å². The molecule has 0 radical (unpaired) electrons. The fraction of sp³-hybridized carbons (Fsp3) is 0. The Kier molecular flexibility index (Phi) is 7.04. The second-order valence-electron chi connectivity index (χ2n) is 15.6. The Morgan fingerprint density at radius 1 is 0.367 bits per heavy atom. The second kappa shape index (κ2) is 12.8. The highest BCUT2D eigenvalue weighted by molar-refractivity contribution is 7.00. The maximum absolute atomic E-state index is 6.86. The van der Waals surface area contributed by atoms with Gasteiger partial charge in [0.25, 0.3) is 6.71 Å². The van der Waals surface area contributed by atoms with Gasteiger partial charge in [-0.15, -0.1) is 0 Å². The summed E-state index contributed by atoms with van der Waals surface area (Å²) in [5, 5.41) is 4.28. The predicted octanol–water partition coefficient (Wildman–Crippen LogP) is 13.0. The Morgan fingerprint density at radius 2 is 0.783 bits per heavy atom. The third-order valence-electron chi connectivity index (χ3n) is 12.4. The Bertz CT molecular complexity index is 3260. The van der Waals surface area contributed by atoms with Crippen LogP contribution in [0.1, 0.15) is 0 Å². The lowest BCUT2D eigenvalue weighted by Gasteiger charge is -2.44. The zero-order valence-electron chi connectivity index (χ0n) is 32.4. The number of furan rings is 2. The first kappa shape index (κ1) is 33.1. The first-order chi connectivity index (χ1) is 29.8. The molecule has 0 bridgehead atoms. The lowest BCUT2D eigenvalue weighted by molar-refractivity contribution is 0.666. The summed E-state index contributed by atoms with van der Waals surface area (Å²) in [7, 11) is 0. The Balaban J connectivity index is 1.18. The highest BCUT2D eigenvalue weighted by Gasteiger charge is 2.44. The monoisotopic (exact) mass is 767 g/mol. The van der Waals surface area contributed by atoms with E-state index < -0.39 is 0 Å². The Labute approximate surface area is 346 Å². The molecule has 13 rings (SSSR count). The molecule has 2 aliphatic rings. The molecule has 280 valence electrons. The van der Waals surface area contributed by atoms with Crippen LogP contribution in [0.3, 0.4) is 0 Å². The molecular weight excluding hydrogens is 733 g/mol. The Morgan fingerprint density at radius 3 is 1.28 bits per heavy atom. The summed E-state index contributed by atoms with van der Waals surface area (Å²) in [5.41, 5.74) is 16.7. The molecule has 0 saturated heterocycles. The van der Waals surface area contributed by atoms with Crippen molar-refractivity contribution >= 4 is 118 Å². The molecule has 9 aromatic carbocycles. The number of benzene rings is 9. The minimum atomic E-state index is 0.00225. The van der Waals surface area contributed by atoms with Crippen LogP contribution < -0.4 is 31.1 Å². The van der Waals surface area contributed by atoms with Gasteiger partial charge in [0.2, 0.25) is 0 Å². The van der Waals surface area contributed by atoms with E-state index in [4.69, 9.17) is 8.83 Å². The van der Waals surface area contributed by atoms with Crippen molar-refractivity contribution in [2.24, 2.45) is 0 Å². The molecule has 0 saturated carbocycles. The molecule has 0 spiro atoms. The molecule has 5 nitrogen and oxygen atoms in total. The number of anilines is 9. The van der Waals surface area contributed by atoms with Crippen molar-refractivity contribution in [1.82, 2.24) is 0 Å². The predicted molar refractivity (Wildman–Crippen MR) is 250 cm³/mol. The van der Waals surface area contributed by atoms with E-state index in [2.05, 4.69) is 209 Å². The standard InChI is InChI=1S/C54H34BN3O2/c1-3-17-35(18-4-1)56-44-27-11-9-25-42(44)55-43-26-10-12-28-45(43)57(36-19-5-2-6-20-36)49-34-37(33-48(56)52(49)55)58(46-29-15-23-40-38-21-7-13-31-50(38)59-53(40)46)47-30-16-24-41-39-22-8-14-32-51(39)60-54(41)47/h1-34H. The summed E-state index contributed by atoms with van der Waals surface area (Å²) in [6, 6.07) is 73.7. The van der Waals surface area contributed by atoms with Crippen LogP contribution in [0.15, 0.2) is 215 Å². The van der Waals surface area contributed by atoms with Crippen LogP contribution in [-0.2, 0) is 0 Å². The number of nitrogens with zero attached hydrogens (tertiary/aromatic N) is 3. The highest BCUT2D eigenvalue weighted by atomic mass is 16.3. The molecule has 0 fully saturated rings. The molecule has 4 heterocycles. The molecule has 0 atom stereocenters. The van der Waals surface area contributed by atoms with Gasteiger partial charge in [-0.25, -0.2) is 0 Å². The van der Waals surface area contributed by atoms with Gasteiger partial charge in [-0.2, -0.15) is 0 Å². The van der Waals surface area contributed by atoms with Gasteiger partial charge >= 0.3 is 0 Å². The Hall–Kier alpha value is -7.96. The van der Waals surface area contributed by atoms with E-state index in [1.54, 1.807) is 0 Å². The fourth-order valence-electron chi connectivity index (χ4n) is 9.95. The molecule has 0 aliphatic carbocycles. The zero-order valence-corrected chi connectivity index (χ0v) is 32.4. The SMILES string of the molecule is c1ccc(N2c3ccccc3B3c4ccccc4N(c4ccccc4)c4cc(N(c5cccc6c5oc5ccccc56)c5cccc6c5oc5ccccc56)cc2c43)cc1.